The van der Waals surface area contributed by atoms with Crippen molar-refractivity contribution in [3.05, 3.63) is 11.9 Å². The van der Waals surface area contributed by atoms with Crippen molar-refractivity contribution in [1.29, 1.82) is 0 Å². The Balaban J connectivity index is 1.86. The molecule has 3 heterocycles. The van der Waals surface area contributed by atoms with Crippen molar-refractivity contribution in [1.82, 2.24) is 14.5 Å². The van der Waals surface area contributed by atoms with Crippen molar-refractivity contribution in [2.24, 2.45) is 0 Å². The molecule has 2 aromatic heterocycles. The van der Waals surface area contributed by atoms with Gasteiger partial charge in [-0.15, -0.1) is 0 Å². The summed E-state index contributed by atoms with van der Waals surface area (Å²) in [6.07, 6.45) is 5.15. The van der Waals surface area contributed by atoms with Gasteiger partial charge in [0.1, 0.15) is 30.0 Å². The smallest absolute Gasteiger partial charge is 0.342 e. The second kappa shape index (κ2) is 5.34. The molecule has 0 spiro atoms. The van der Waals surface area contributed by atoms with Crippen molar-refractivity contribution in [3.63, 3.8) is 0 Å². The Labute approximate surface area is 138 Å². The Hall–Kier alpha value is -2.35. The van der Waals surface area contributed by atoms with Gasteiger partial charge in [-0.1, -0.05) is 0 Å². The van der Waals surface area contributed by atoms with Crippen LogP contribution in [0, 0.1) is 0 Å². The molecule has 0 radical (unpaired) electrons. The zero-order valence-corrected chi connectivity index (χ0v) is 13.5. The fourth-order valence-electron chi connectivity index (χ4n) is 3.30. The first-order valence-corrected chi connectivity index (χ1v) is 8.14. The summed E-state index contributed by atoms with van der Waals surface area (Å²) in [4.78, 5) is 20.2. The van der Waals surface area contributed by atoms with Gasteiger partial charge in [0.2, 0.25) is 5.88 Å². The van der Waals surface area contributed by atoms with Crippen LogP contribution in [-0.4, -0.2) is 44.9 Å². The van der Waals surface area contributed by atoms with E-state index in [1.165, 1.54) is 6.33 Å². The predicted octanol–water partition coefficient (Wildman–Crippen LogP) is 1.78. The van der Waals surface area contributed by atoms with Crippen molar-refractivity contribution < 1.29 is 19.4 Å². The summed E-state index contributed by atoms with van der Waals surface area (Å²) >= 11 is 0. The second-order valence-corrected chi connectivity index (χ2v) is 6.72. The second-order valence-electron chi connectivity index (χ2n) is 6.72. The molecule has 2 fully saturated rings. The number of carboxylic acid groups (broad SMARTS) is 1. The van der Waals surface area contributed by atoms with E-state index in [0.29, 0.717) is 23.5 Å². The molecule has 0 amide bonds. The van der Waals surface area contributed by atoms with E-state index in [-0.39, 0.29) is 23.0 Å². The normalized spacial score (nSPS) is 22.0. The molecule has 1 saturated carbocycles. The van der Waals surface area contributed by atoms with Crippen LogP contribution in [0.3, 0.4) is 0 Å². The summed E-state index contributed by atoms with van der Waals surface area (Å²) in [7, 11) is 0. The summed E-state index contributed by atoms with van der Waals surface area (Å²) in [5, 5.41) is 10.1. The maximum absolute atomic E-state index is 11.9. The summed E-state index contributed by atoms with van der Waals surface area (Å²) in [6.45, 7) is 3.11. The van der Waals surface area contributed by atoms with Crippen LogP contribution in [0.25, 0.3) is 11.0 Å². The molecule has 128 valence electrons. The predicted molar refractivity (Wildman–Crippen MR) is 86.3 cm³/mol. The van der Waals surface area contributed by atoms with Crippen molar-refractivity contribution in [2.45, 2.75) is 44.2 Å². The van der Waals surface area contributed by atoms with E-state index in [9.17, 15) is 9.90 Å². The lowest BCUT2D eigenvalue weighted by molar-refractivity contribution is 0.0603. The van der Waals surface area contributed by atoms with Gasteiger partial charge in [0.15, 0.2) is 0 Å². The minimum atomic E-state index is -1.09. The van der Waals surface area contributed by atoms with E-state index >= 15 is 0 Å². The van der Waals surface area contributed by atoms with Crippen molar-refractivity contribution in [2.75, 3.05) is 18.9 Å². The van der Waals surface area contributed by atoms with Crippen LogP contribution in [-0.2, 0) is 10.3 Å². The Bertz CT molecular complexity index is 806. The number of aromatic carboxylic acids is 1. The fourth-order valence-corrected chi connectivity index (χ4v) is 3.30. The van der Waals surface area contributed by atoms with E-state index < -0.39 is 5.97 Å². The average molecular weight is 332 g/mol. The monoisotopic (exact) mass is 332 g/mol. The highest BCUT2D eigenvalue weighted by molar-refractivity contribution is 6.09. The minimum absolute atomic E-state index is 0.00597. The Morgan fingerprint density at radius 2 is 2.33 bits per heavy atom. The highest BCUT2D eigenvalue weighted by atomic mass is 16.5. The third kappa shape index (κ3) is 2.29. The number of hydrogen-bond acceptors (Lipinski definition) is 6. The Morgan fingerprint density at radius 3 is 2.96 bits per heavy atom. The van der Waals surface area contributed by atoms with Crippen LogP contribution in [0.5, 0.6) is 5.88 Å². The highest BCUT2D eigenvalue weighted by Gasteiger charge is 2.45. The standard InChI is InChI=1S/C16H20N4O4/c1-16(4-5-16)20-13-10(12(17)18-8-19-13)11(15(21)22)14(20)24-7-9-3-2-6-23-9/h8-9H,2-7H2,1H3,(H,21,22)(H2,17,18,19). The van der Waals surface area contributed by atoms with E-state index in [2.05, 4.69) is 16.9 Å². The van der Waals surface area contributed by atoms with Crippen LogP contribution in [0.4, 0.5) is 5.82 Å². The molecule has 8 heteroatoms. The number of nitrogen functional groups attached to an aromatic ring is 1. The zero-order valence-electron chi connectivity index (χ0n) is 13.5. The number of anilines is 1. The highest BCUT2D eigenvalue weighted by Crippen LogP contribution is 2.50. The van der Waals surface area contributed by atoms with Gasteiger partial charge in [-0.25, -0.2) is 14.8 Å². The van der Waals surface area contributed by atoms with Gasteiger partial charge in [0.05, 0.1) is 11.5 Å². The first-order valence-electron chi connectivity index (χ1n) is 8.14. The van der Waals surface area contributed by atoms with Crippen LogP contribution < -0.4 is 10.5 Å². The van der Waals surface area contributed by atoms with Crippen molar-refractivity contribution >= 4 is 22.8 Å². The molecule has 1 aliphatic carbocycles. The lowest BCUT2D eigenvalue weighted by Crippen LogP contribution is -2.21. The number of nitrogens with zero attached hydrogens (tertiary/aromatic N) is 3. The molecule has 1 atom stereocenters. The Kier molecular flexibility index (Phi) is 3.38. The van der Waals surface area contributed by atoms with Crippen LogP contribution in [0.1, 0.15) is 43.0 Å². The maximum Gasteiger partial charge on any atom is 0.342 e. The van der Waals surface area contributed by atoms with Gasteiger partial charge < -0.3 is 20.3 Å². The lowest BCUT2D eigenvalue weighted by Gasteiger charge is -2.19. The number of carboxylic acids is 1. The van der Waals surface area contributed by atoms with Crippen molar-refractivity contribution in [3.8, 4) is 5.88 Å². The lowest BCUT2D eigenvalue weighted by atomic mass is 10.2. The number of fused-ring (bicyclic) bond motifs is 1. The molecule has 2 aromatic rings. The van der Waals surface area contributed by atoms with Gasteiger partial charge in [0.25, 0.3) is 0 Å². The first-order chi connectivity index (χ1) is 11.5. The van der Waals surface area contributed by atoms with Gasteiger partial charge in [0, 0.05) is 12.1 Å². The van der Waals surface area contributed by atoms with E-state index in [1.807, 2.05) is 4.57 Å². The molecular weight excluding hydrogens is 312 g/mol. The first kappa shape index (κ1) is 15.2. The minimum Gasteiger partial charge on any atom is -0.477 e. The number of ether oxygens (including phenoxy) is 2. The summed E-state index contributed by atoms with van der Waals surface area (Å²) in [5.41, 5.74) is 6.31. The quantitative estimate of drug-likeness (QED) is 0.858. The molecule has 2 aliphatic rings. The van der Waals surface area contributed by atoms with Gasteiger partial charge in [-0.3, -0.25) is 4.57 Å². The summed E-state index contributed by atoms with van der Waals surface area (Å²) in [6, 6.07) is 0. The Morgan fingerprint density at radius 1 is 1.54 bits per heavy atom. The third-order valence-corrected chi connectivity index (χ3v) is 4.89. The van der Waals surface area contributed by atoms with Crippen LogP contribution >= 0.6 is 0 Å². The molecule has 24 heavy (non-hydrogen) atoms. The van der Waals surface area contributed by atoms with Crippen LogP contribution in [0.2, 0.25) is 0 Å². The summed E-state index contributed by atoms with van der Waals surface area (Å²) < 4.78 is 13.4. The summed E-state index contributed by atoms with van der Waals surface area (Å²) in [5.74, 6) is -0.630. The molecule has 4 rings (SSSR count). The average Bonchev–Trinajstić information content (AvgIpc) is 3.00. The molecule has 8 nitrogen and oxygen atoms in total. The number of rotatable bonds is 5. The SMILES string of the molecule is CC1(n2c(OCC3CCCO3)c(C(=O)O)c3c(N)ncnc32)CC1. The molecule has 1 aliphatic heterocycles. The van der Waals surface area contributed by atoms with Gasteiger partial charge >= 0.3 is 5.97 Å². The molecule has 1 unspecified atom stereocenters. The molecular formula is C16H20N4O4. The van der Waals surface area contributed by atoms with Gasteiger partial charge in [-0.05, 0) is 32.6 Å². The molecule has 1 saturated heterocycles. The van der Waals surface area contributed by atoms with E-state index in [0.717, 1.165) is 32.3 Å². The maximum atomic E-state index is 11.9. The number of aromatic nitrogens is 3. The van der Waals surface area contributed by atoms with Gasteiger partial charge in [-0.2, -0.15) is 0 Å². The topological polar surface area (TPSA) is 112 Å². The molecule has 0 aromatic carbocycles. The van der Waals surface area contributed by atoms with Crippen LogP contribution in [0.15, 0.2) is 6.33 Å². The number of hydrogen-bond donors (Lipinski definition) is 2. The number of carbonyl (C=O) groups is 1. The molecule has 3 N–H and O–H groups in total. The number of nitrogens with two attached hydrogens (primary N) is 1. The van der Waals surface area contributed by atoms with E-state index in [1.54, 1.807) is 0 Å². The largest absolute Gasteiger partial charge is 0.477 e. The molecule has 0 bridgehead atoms. The fraction of sp³-hybridized carbons (Fsp3) is 0.562. The zero-order chi connectivity index (χ0) is 16.9. The third-order valence-electron chi connectivity index (χ3n) is 4.89. The van der Waals surface area contributed by atoms with E-state index in [4.69, 9.17) is 15.2 Å².